The quantitative estimate of drug-likeness (QED) is 0.279. The van der Waals surface area contributed by atoms with Crippen LogP contribution in [0.15, 0.2) is 107 Å². The number of thioether (sulfide) groups is 1. The van der Waals surface area contributed by atoms with Gasteiger partial charge < -0.3 is 4.42 Å². The van der Waals surface area contributed by atoms with Crippen molar-refractivity contribution in [3.63, 3.8) is 0 Å². The molecule has 0 aliphatic heterocycles. The Bertz CT molecular complexity index is 1290. The van der Waals surface area contributed by atoms with Gasteiger partial charge >= 0.3 is 0 Å². The zero-order chi connectivity index (χ0) is 20.3. The van der Waals surface area contributed by atoms with E-state index in [1.54, 1.807) is 23.9 Å². The zero-order valence-electron chi connectivity index (χ0n) is 16.1. The van der Waals surface area contributed by atoms with Crippen LogP contribution < -0.4 is 0 Å². The van der Waals surface area contributed by atoms with Crippen molar-refractivity contribution in [2.75, 3.05) is 0 Å². The van der Waals surface area contributed by atoms with Gasteiger partial charge in [0.05, 0.1) is 0 Å². The molecule has 0 spiro atoms. The lowest BCUT2D eigenvalue weighted by Gasteiger charge is -2.02. The lowest BCUT2D eigenvalue weighted by molar-refractivity contribution is 0.586. The molecule has 1 heterocycles. The summed E-state index contributed by atoms with van der Waals surface area (Å²) in [5, 5.41) is 3.02. The molecule has 0 saturated carbocycles. The Morgan fingerprint density at radius 3 is 2.33 bits per heavy atom. The van der Waals surface area contributed by atoms with Crippen LogP contribution in [0.3, 0.4) is 0 Å². The molecule has 0 unspecified atom stereocenters. The monoisotopic (exact) mass is 411 g/mol. The maximum Gasteiger partial charge on any atom is 0.228 e. The summed E-state index contributed by atoms with van der Waals surface area (Å²) in [4.78, 5) is 4.85. The molecule has 0 aliphatic carbocycles. The van der Waals surface area contributed by atoms with E-state index < -0.39 is 0 Å². The van der Waals surface area contributed by atoms with Crippen molar-refractivity contribution in [2.45, 2.75) is 10.8 Å². The van der Waals surface area contributed by atoms with Crippen LogP contribution in [0.1, 0.15) is 5.56 Å². The van der Waals surface area contributed by atoms with Gasteiger partial charge in [0.25, 0.3) is 0 Å². The average Bonchev–Trinajstić information content (AvgIpc) is 3.22. The lowest BCUT2D eigenvalue weighted by Crippen LogP contribution is -1.84. The molecular weight excluding hydrogens is 393 g/mol. The van der Waals surface area contributed by atoms with E-state index in [1.165, 1.54) is 17.7 Å². The molecule has 146 valence electrons. The lowest BCUT2D eigenvalue weighted by atomic mass is 10.0. The first kappa shape index (κ1) is 18.6. The number of aromatic nitrogens is 1. The highest BCUT2D eigenvalue weighted by molar-refractivity contribution is 7.98. The van der Waals surface area contributed by atoms with Crippen LogP contribution in [0, 0.1) is 5.82 Å². The second-order valence-electron chi connectivity index (χ2n) is 6.96. The summed E-state index contributed by atoms with van der Waals surface area (Å²) in [5.41, 5.74) is 2.97. The van der Waals surface area contributed by atoms with Crippen LogP contribution in [-0.2, 0) is 5.75 Å². The van der Waals surface area contributed by atoms with Crippen LogP contribution in [0.4, 0.5) is 4.39 Å². The van der Waals surface area contributed by atoms with Gasteiger partial charge in [-0.05, 0) is 46.7 Å². The third kappa shape index (κ3) is 3.74. The van der Waals surface area contributed by atoms with Gasteiger partial charge in [-0.15, -0.1) is 0 Å². The number of hydrogen-bond acceptors (Lipinski definition) is 3. The van der Waals surface area contributed by atoms with E-state index in [4.69, 9.17) is 9.40 Å². The van der Waals surface area contributed by atoms with Gasteiger partial charge in [0.2, 0.25) is 5.89 Å². The van der Waals surface area contributed by atoms with Crippen LogP contribution in [0.25, 0.3) is 33.6 Å². The number of hydrogen-bond donors (Lipinski definition) is 0. The van der Waals surface area contributed by atoms with Gasteiger partial charge in [-0.25, -0.2) is 9.37 Å². The third-order valence-electron chi connectivity index (χ3n) is 4.94. The smallest absolute Gasteiger partial charge is 0.228 e. The fourth-order valence-corrected chi connectivity index (χ4v) is 4.37. The molecule has 2 nitrogen and oxygen atoms in total. The minimum Gasteiger partial charge on any atom is -0.435 e. The van der Waals surface area contributed by atoms with Crippen molar-refractivity contribution >= 4 is 22.5 Å². The highest BCUT2D eigenvalue weighted by Gasteiger charge is 2.18. The first-order valence-electron chi connectivity index (χ1n) is 9.69. The van der Waals surface area contributed by atoms with Gasteiger partial charge in [0.1, 0.15) is 10.8 Å². The Hall–Kier alpha value is -3.37. The van der Waals surface area contributed by atoms with Gasteiger partial charge in [0, 0.05) is 16.9 Å². The van der Waals surface area contributed by atoms with Crippen molar-refractivity contribution < 1.29 is 8.81 Å². The van der Waals surface area contributed by atoms with Crippen molar-refractivity contribution in [1.29, 1.82) is 0 Å². The van der Waals surface area contributed by atoms with Gasteiger partial charge in [-0.1, -0.05) is 78.5 Å². The van der Waals surface area contributed by atoms with E-state index in [1.807, 2.05) is 42.5 Å². The molecule has 0 radical (unpaired) electrons. The van der Waals surface area contributed by atoms with E-state index >= 15 is 0 Å². The molecule has 30 heavy (non-hydrogen) atoms. The third-order valence-corrected chi connectivity index (χ3v) is 5.97. The predicted octanol–water partition coefficient (Wildman–Crippen LogP) is 7.59. The number of oxazole rings is 1. The first-order chi connectivity index (χ1) is 14.8. The molecule has 0 atom stereocenters. The summed E-state index contributed by atoms with van der Waals surface area (Å²) in [7, 11) is 0. The van der Waals surface area contributed by atoms with Crippen molar-refractivity contribution in [2.24, 2.45) is 0 Å². The van der Waals surface area contributed by atoms with E-state index in [0.717, 1.165) is 32.7 Å². The highest BCUT2D eigenvalue weighted by Crippen LogP contribution is 2.38. The molecule has 0 fully saturated rings. The number of nitrogens with zero attached hydrogens (tertiary/aromatic N) is 1. The normalized spacial score (nSPS) is 11.1. The Morgan fingerprint density at radius 2 is 1.50 bits per heavy atom. The Morgan fingerprint density at radius 1 is 0.767 bits per heavy atom. The molecule has 0 aliphatic rings. The van der Waals surface area contributed by atoms with E-state index in [0.29, 0.717) is 11.7 Å². The average molecular weight is 412 g/mol. The maximum atomic E-state index is 13.5. The van der Waals surface area contributed by atoms with E-state index in [2.05, 4.69) is 30.3 Å². The molecule has 4 heteroatoms. The molecule has 1 aromatic heterocycles. The second-order valence-corrected chi connectivity index (χ2v) is 7.93. The first-order valence-corrected chi connectivity index (χ1v) is 10.7. The summed E-state index contributed by atoms with van der Waals surface area (Å²) in [6, 6.07) is 30.9. The SMILES string of the molecule is Fc1ccc(-c2oc(-c3cccc4ccccc34)nc2SCc2ccccc2)cc1. The molecular formula is C26H18FNOS. The summed E-state index contributed by atoms with van der Waals surface area (Å²) < 4.78 is 19.7. The van der Waals surface area contributed by atoms with Crippen LogP contribution >= 0.6 is 11.8 Å². The zero-order valence-corrected chi connectivity index (χ0v) is 16.9. The molecule has 0 saturated heterocycles. The Labute approximate surface area is 178 Å². The molecule has 0 N–H and O–H groups in total. The van der Waals surface area contributed by atoms with E-state index in [9.17, 15) is 4.39 Å². The highest BCUT2D eigenvalue weighted by atomic mass is 32.2. The van der Waals surface area contributed by atoms with Gasteiger partial charge in [-0.2, -0.15) is 0 Å². The molecule has 0 bridgehead atoms. The Kier molecular flexibility index (Phi) is 5.08. The van der Waals surface area contributed by atoms with Gasteiger partial charge in [-0.3, -0.25) is 0 Å². The largest absolute Gasteiger partial charge is 0.435 e. The fraction of sp³-hybridized carbons (Fsp3) is 0.0385. The van der Waals surface area contributed by atoms with Crippen molar-refractivity contribution in [3.8, 4) is 22.8 Å². The minimum atomic E-state index is -0.272. The summed E-state index contributed by atoms with van der Waals surface area (Å²) in [5.74, 6) is 1.74. The van der Waals surface area contributed by atoms with E-state index in [-0.39, 0.29) is 5.82 Å². The summed E-state index contributed by atoms with van der Waals surface area (Å²) in [6.45, 7) is 0. The van der Waals surface area contributed by atoms with Crippen LogP contribution in [0.5, 0.6) is 0 Å². The second kappa shape index (κ2) is 8.17. The molecule has 4 aromatic carbocycles. The van der Waals surface area contributed by atoms with Gasteiger partial charge in [0.15, 0.2) is 5.76 Å². The number of fused-ring (bicyclic) bond motifs is 1. The number of benzene rings is 4. The number of rotatable bonds is 5. The fourth-order valence-electron chi connectivity index (χ4n) is 3.44. The van der Waals surface area contributed by atoms with Crippen molar-refractivity contribution in [1.82, 2.24) is 4.98 Å². The molecule has 5 aromatic rings. The summed E-state index contributed by atoms with van der Waals surface area (Å²) in [6.07, 6.45) is 0. The summed E-state index contributed by atoms with van der Waals surface area (Å²) >= 11 is 1.62. The number of halogens is 1. The topological polar surface area (TPSA) is 26.0 Å². The standard InChI is InChI=1S/C26H18FNOS/c27-21-15-13-20(14-16-21)24-26(30-17-18-7-2-1-3-8-18)28-25(29-24)23-12-6-10-19-9-4-5-11-22(19)23/h1-16H,17H2. The van der Waals surface area contributed by atoms with Crippen molar-refractivity contribution in [3.05, 3.63) is 108 Å². The predicted molar refractivity (Wildman–Crippen MR) is 121 cm³/mol. The van der Waals surface area contributed by atoms with Crippen LogP contribution in [-0.4, -0.2) is 4.98 Å². The molecule has 5 rings (SSSR count). The van der Waals surface area contributed by atoms with Crippen LogP contribution in [0.2, 0.25) is 0 Å². The molecule has 0 amide bonds. The maximum absolute atomic E-state index is 13.5. The minimum absolute atomic E-state index is 0.272. The Balaban J connectivity index is 1.59.